The summed E-state index contributed by atoms with van der Waals surface area (Å²) >= 11 is 0. The molecule has 0 aliphatic carbocycles. The smallest absolute Gasteiger partial charge is 0.306 e. The molecule has 0 rings (SSSR count). The fraction of sp³-hybridized carbons (Fsp3) is 0.656. The van der Waals surface area contributed by atoms with Crippen LogP contribution in [0.1, 0.15) is 239 Å². The van der Waals surface area contributed by atoms with Crippen molar-refractivity contribution in [1.29, 1.82) is 0 Å². The summed E-state index contributed by atoms with van der Waals surface area (Å²) in [5, 5.41) is 0. The van der Waals surface area contributed by atoms with Crippen molar-refractivity contribution < 1.29 is 28.6 Å². The molecule has 0 aromatic carbocycles. The lowest BCUT2D eigenvalue weighted by Crippen LogP contribution is -2.30. The highest BCUT2D eigenvalue weighted by Gasteiger charge is 2.19. The van der Waals surface area contributed by atoms with E-state index in [1.807, 2.05) is 6.08 Å². The Kier molecular flexibility index (Phi) is 51.5. The molecule has 0 bridgehead atoms. The van der Waals surface area contributed by atoms with Gasteiger partial charge in [-0.3, -0.25) is 14.4 Å². The Morgan fingerprint density at radius 2 is 0.642 bits per heavy atom. The standard InChI is InChI=1S/C61H100O6/c1-4-7-10-13-16-19-22-25-27-29-30-32-33-36-39-42-45-48-51-54-60(63)66-57-58(56-65-59(62)53-50-47-44-41-38-35-24-21-18-15-12-9-6-3)67-61(64)55-52-49-46-43-40-37-34-31-28-26-23-20-17-14-11-8-5-2/h7,10,12,15-16,19,21,24-28,30,32,36,39,45,48,58H,4-6,8-9,11,13-14,17-18,20,22-23,29,31,33-35,37-38,40-44,46-47,49-57H2,1-3H3/b10-7-,15-12-,19-16-,24-21-,27-25-,28-26-,32-30-,39-36-,48-45-. The van der Waals surface area contributed by atoms with E-state index in [2.05, 4.69) is 124 Å². The first-order valence-corrected chi connectivity index (χ1v) is 27.4. The molecule has 0 aromatic heterocycles. The Balaban J connectivity index is 4.52. The molecule has 0 aromatic rings. The van der Waals surface area contributed by atoms with Gasteiger partial charge in [0.1, 0.15) is 13.2 Å². The van der Waals surface area contributed by atoms with Crippen LogP contribution in [0.2, 0.25) is 0 Å². The summed E-state index contributed by atoms with van der Waals surface area (Å²) in [7, 11) is 0. The van der Waals surface area contributed by atoms with Gasteiger partial charge in [-0.2, -0.15) is 0 Å². The monoisotopic (exact) mass is 929 g/mol. The van der Waals surface area contributed by atoms with Gasteiger partial charge in [0.15, 0.2) is 6.10 Å². The Morgan fingerprint density at radius 3 is 1.07 bits per heavy atom. The van der Waals surface area contributed by atoms with Crippen LogP contribution in [0, 0.1) is 0 Å². The Labute approximate surface area is 412 Å². The van der Waals surface area contributed by atoms with E-state index in [0.717, 1.165) is 109 Å². The SMILES string of the molecule is CC/C=C\C/C=C\C/C=C\C/C=C\C/C=C\C/C=C\CCC(=O)OCC(COC(=O)CCCCCCC/C=C\C/C=C\CCC)OC(=O)CCCCCCCCC/C=C\CCCCCCCC. The predicted molar refractivity (Wildman–Crippen MR) is 288 cm³/mol. The first kappa shape index (κ1) is 63.1. The van der Waals surface area contributed by atoms with Gasteiger partial charge in [0.2, 0.25) is 0 Å². The Hall–Kier alpha value is -3.93. The van der Waals surface area contributed by atoms with E-state index in [1.54, 1.807) is 0 Å². The zero-order valence-corrected chi connectivity index (χ0v) is 43.4. The number of carbonyl (C=O) groups is 3. The third kappa shape index (κ3) is 52.9. The van der Waals surface area contributed by atoms with Gasteiger partial charge in [-0.25, -0.2) is 0 Å². The highest BCUT2D eigenvalue weighted by molar-refractivity contribution is 5.71. The van der Waals surface area contributed by atoms with Crippen LogP contribution in [0.3, 0.4) is 0 Å². The largest absolute Gasteiger partial charge is 0.462 e. The van der Waals surface area contributed by atoms with E-state index in [-0.39, 0.29) is 37.5 Å². The summed E-state index contributed by atoms with van der Waals surface area (Å²) in [4.78, 5) is 38.0. The maximum atomic E-state index is 12.8. The highest BCUT2D eigenvalue weighted by Crippen LogP contribution is 2.14. The maximum Gasteiger partial charge on any atom is 0.306 e. The van der Waals surface area contributed by atoms with Crippen LogP contribution < -0.4 is 0 Å². The van der Waals surface area contributed by atoms with Gasteiger partial charge in [0, 0.05) is 19.3 Å². The molecule has 1 atom stereocenters. The van der Waals surface area contributed by atoms with E-state index in [0.29, 0.717) is 19.3 Å². The summed E-state index contributed by atoms with van der Waals surface area (Å²) < 4.78 is 16.7. The van der Waals surface area contributed by atoms with Crippen molar-refractivity contribution in [2.24, 2.45) is 0 Å². The van der Waals surface area contributed by atoms with Crippen LogP contribution in [0.5, 0.6) is 0 Å². The number of hydrogen-bond donors (Lipinski definition) is 0. The molecule has 0 spiro atoms. The number of ether oxygens (including phenoxy) is 3. The Bertz CT molecular complexity index is 1390. The number of allylic oxidation sites excluding steroid dienone is 18. The molecule has 0 aliphatic heterocycles. The number of rotatable bonds is 48. The molecule has 0 N–H and O–H groups in total. The second-order valence-corrected chi connectivity index (χ2v) is 17.7. The van der Waals surface area contributed by atoms with Crippen molar-refractivity contribution in [3.8, 4) is 0 Å². The quantitative estimate of drug-likeness (QED) is 0.0262. The second-order valence-electron chi connectivity index (χ2n) is 17.7. The fourth-order valence-electron chi connectivity index (χ4n) is 7.15. The number of hydrogen-bond acceptors (Lipinski definition) is 6. The number of unbranched alkanes of at least 4 members (excludes halogenated alkanes) is 19. The number of esters is 3. The zero-order valence-electron chi connectivity index (χ0n) is 43.4. The van der Waals surface area contributed by atoms with Crippen LogP contribution in [-0.4, -0.2) is 37.2 Å². The van der Waals surface area contributed by atoms with Crippen LogP contribution >= 0.6 is 0 Å². The van der Waals surface area contributed by atoms with Crippen molar-refractivity contribution in [3.05, 3.63) is 109 Å². The van der Waals surface area contributed by atoms with E-state index in [9.17, 15) is 14.4 Å². The molecule has 6 heteroatoms. The lowest BCUT2D eigenvalue weighted by atomic mass is 10.1. The summed E-state index contributed by atoms with van der Waals surface area (Å²) in [6.07, 6.45) is 73.7. The third-order valence-electron chi connectivity index (χ3n) is 11.2. The molecule has 380 valence electrons. The van der Waals surface area contributed by atoms with Gasteiger partial charge in [-0.05, 0) is 109 Å². The van der Waals surface area contributed by atoms with Gasteiger partial charge >= 0.3 is 17.9 Å². The maximum absolute atomic E-state index is 12.8. The van der Waals surface area contributed by atoms with Crippen molar-refractivity contribution in [2.75, 3.05) is 13.2 Å². The van der Waals surface area contributed by atoms with Gasteiger partial charge in [-0.15, -0.1) is 0 Å². The number of carbonyl (C=O) groups excluding carboxylic acids is 3. The van der Waals surface area contributed by atoms with E-state index >= 15 is 0 Å². The van der Waals surface area contributed by atoms with Crippen LogP contribution in [0.4, 0.5) is 0 Å². The summed E-state index contributed by atoms with van der Waals surface area (Å²) in [5.74, 6) is -1.02. The van der Waals surface area contributed by atoms with Gasteiger partial charge in [0.25, 0.3) is 0 Å². The first-order chi connectivity index (χ1) is 33.0. The molecule has 0 amide bonds. The summed E-state index contributed by atoms with van der Waals surface area (Å²) in [6, 6.07) is 0. The lowest BCUT2D eigenvalue weighted by Gasteiger charge is -2.18. The molecule has 0 saturated heterocycles. The molecular formula is C61H100O6. The van der Waals surface area contributed by atoms with Crippen molar-refractivity contribution >= 4 is 17.9 Å². The van der Waals surface area contributed by atoms with Crippen LogP contribution in [0.25, 0.3) is 0 Å². The first-order valence-electron chi connectivity index (χ1n) is 27.4. The average molecular weight is 929 g/mol. The minimum atomic E-state index is -0.818. The van der Waals surface area contributed by atoms with E-state index in [4.69, 9.17) is 14.2 Å². The molecule has 0 fully saturated rings. The van der Waals surface area contributed by atoms with Crippen LogP contribution in [-0.2, 0) is 28.6 Å². The highest BCUT2D eigenvalue weighted by atomic mass is 16.6. The van der Waals surface area contributed by atoms with Crippen LogP contribution in [0.15, 0.2) is 109 Å². The minimum absolute atomic E-state index is 0.112. The van der Waals surface area contributed by atoms with E-state index in [1.165, 1.54) is 83.5 Å². The fourth-order valence-corrected chi connectivity index (χ4v) is 7.15. The second kappa shape index (κ2) is 54.7. The van der Waals surface area contributed by atoms with Gasteiger partial charge < -0.3 is 14.2 Å². The van der Waals surface area contributed by atoms with E-state index < -0.39 is 6.10 Å². The predicted octanol–water partition coefficient (Wildman–Crippen LogP) is 18.3. The lowest BCUT2D eigenvalue weighted by molar-refractivity contribution is -0.166. The summed E-state index contributed by atoms with van der Waals surface area (Å²) in [5.41, 5.74) is 0. The molecule has 1 unspecified atom stereocenters. The van der Waals surface area contributed by atoms with Crippen molar-refractivity contribution in [1.82, 2.24) is 0 Å². The summed E-state index contributed by atoms with van der Waals surface area (Å²) in [6.45, 7) is 6.37. The molecule has 0 heterocycles. The topological polar surface area (TPSA) is 78.9 Å². The molecular weight excluding hydrogens is 829 g/mol. The Morgan fingerprint density at radius 1 is 0.313 bits per heavy atom. The van der Waals surface area contributed by atoms with Crippen molar-refractivity contribution in [3.63, 3.8) is 0 Å². The van der Waals surface area contributed by atoms with Gasteiger partial charge in [0.05, 0.1) is 0 Å². The molecule has 0 saturated carbocycles. The molecule has 0 radical (unpaired) electrons. The average Bonchev–Trinajstić information content (AvgIpc) is 3.33. The molecule has 67 heavy (non-hydrogen) atoms. The van der Waals surface area contributed by atoms with Crippen molar-refractivity contribution in [2.45, 2.75) is 245 Å². The normalized spacial score (nSPS) is 12.9. The van der Waals surface area contributed by atoms with Gasteiger partial charge in [-0.1, -0.05) is 220 Å². The minimum Gasteiger partial charge on any atom is -0.462 e. The third-order valence-corrected chi connectivity index (χ3v) is 11.2. The zero-order chi connectivity index (χ0) is 48.6. The molecule has 6 nitrogen and oxygen atoms in total. The molecule has 0 aliphatic rings.